The van der Waals surface area contributed by atoms with Crippen LogP contribution in [-0.2, 0) is 0 Å². The lowest BCUT2D eigenvalue weighted by atomic mass is 9.99. The average molecular weight is 324 g/mol. The van der Waals surface area contributed by atoms with E-state index in [-0.39, 0.29) is 0 Å². The van der Waals surface area contributed by atoms with Gasteiger partial charge in [-0.3, -0.25) is 0 Å². The van der Waals surface area contributed by atoms with E-state index in [4.69, 9.17) is 4.52 Å². The second-order valence-corrected chi connectivity index (χ2v) is 6.88. The van der Waals surface area contributed by atoms with Gasteiger partial charge in [-0.2, -0.15) is 4.98 Å². The third-order valence-electron chi connectivity index (χ3n) is 5.17. The Kier molecular flexibility index (Phi) is 3.09. The Morgan fingerprint density at radius 2 is 2.08 bits per heavy atom. The summed E-state index contributed by atoms with van der Waals surface area (Å²) in [6.07, 6.45) is 8.59. The SMILES string of the molecule is Cc1noc(-c2cnc3[nH]ccc3c2N[C@H]2C[C@H]3CC[C@@H](C2)N3)n1. The van der Waals surface area contributed by atoms with E-state index in [1.54, 1.807) is 0 Å². The van der Waals surface area contributed by atoms with Crippen LogP contribution in [0.25, 0.3) is 22.5 Å². The van der Waals surface area contributed by atoms with Crippen LogP contribution in [0.4, 0.5) is 5.69 Å². The number of aromatic amines is 1. The molecule has 124 valence electrons. The molecule has 2 aliphatic rings. The second-order valence-electron chi connectivity index (χ2n) is 6.88. The van der Waals surface area contributed by atoms with E-state index >= 15 is 0 Å². The molecule has 5 rings (SSSR count). The number of hydrogen-bond acceptors (Lipinski definition) is 6. The van der Waals surface area contributed by atoms with Crippen molar-refractivity contribution in [3.8, 4) is 11.5 Å². The molecule has 3 atom stereocenters. The van der Waals surface area contributed by atoms with Crippen LogP contribution in [-0.4, -0.2) is 38.2 Å². The summed E-state index contributed by atoms with van der Waals surface area (Å²) in [4.78, 5) is 12.1. The first-order valence-corrected chi connectivity index (χ1v) is 8.55. The molecule has 3 aromatic heterocycles. The normalized spacial score (nSPS) is 26.1. The summed E-state index contributed by atoms with van der Waals surface area (Å²) < 4.78 is 5.40. The zero-order valence-electron chi connectivity index (χ0n) is 13.5. The zero-order chi connectivity index (χ0) is 16.1. The molecular weight excluding hydrogens is 304 g/mol. The van der Waals surface area contributed by atoms with Gasteiger partial charge >= 0.3 is 0 Å². The van der Waals surface area contributed by atoms with Crippen molar-refractivity contribution in [1.29, 1.82) is 0 Å². The number of aryl methyl sites for hydroxylation is 1. The van der Waals surface area contributed by atoms with Gasteiger partial charge in [-0.15, -0.1) is 0 Å². The largest absolute Gasteiger partial charge is 0.381 e. The first kappa shape index (κ1) is 14.0. The molecule has 2 fully saturated rings. The van der Waals surface area contributed by atoms with Crippen LogP contribution in [0.5, 0.6) is 0 Å². The fraction of sp³-hybridized carbons (Fsp3) is 0.471. The molecular formula is C17H20N6O. The number of fused-ring (bicyclic) bond motifs is 3. The fourth-order valence-corrected chi connectivity index (χ4v) is 4.11. The van der Waals surface area contributed by atoms with Gasteiger partial charge in [0.15, 0.2) is 5.82 Å². The Bertz CT molecular complexity index is 872. The molecule has 0 aliphatic carbocycles. The molecule has 0 aromatic carbocycles. The second kappa shape index (κ2) is 5.31. The lowest BCUT2D eigenvalue weighted by Crippen LogP contribution is -2.43. The molecule has 7 heteroatoms. The molecule has 0 spiro atoms. The van der Waals surface area contributed by atoms with Crippen molar-refractivity contribution in [3.05, 3.63) is 24.3 Å². The maximum absolute atomic E-state index is 5.40. The topological polar surface area (TPSA) is 91.7 Å². The van der Waals surface area contributed by atoms with Crippen LogP contribution in [0, 0.1) is 6.92 Å². The van der Waals surface area contributed by atoms with Gasteiger partial charge in [-0.1, -0.05) is 5.16 Å². The number of piperidine rings is 1. The van der Waals surface area contributed by atoms with E-state index < -0.39 is 0 Å². The predicted octanol–water partition coefficient (Wildman–Crippen LogP) is 2.62. The number of aromatic nitrogens is 4. The molecule has 7 nitrogen and oxygen atoms in total. The first-order valence-electron chi connectivity index (χ1n) is 8.55. The van der Waals surface area contributed by atoms with E-state index in [2.05, 4.69) is 30.7 Å². The molecule has 2 aliphatic heterocycles. The molecule has 5 heterocycles. The van der Waals surface area contributed by atoms with Crippen molar-refractivity contribution < 1.29 is 4.52 Å². The Balaban J connectivity index is 1.56. The number of hydrogen-bond donors (Lipinski definition) is 3. The van der Waals surface area contributed by atoms with Crippen LogP contribution in [0.3, 0.4) is 0 Å². The van der Waals surface area contributed by atoms with Gasteiger partial charge in [0, 0.05) is 35.9 Å². The number of nitrogens with one attached hydrogen (secondary N) is 3. The molecule has 3 N–H and O–H groups in total. The van der Waals surface area contributed by atoms with Gasteiger partial charge in [-0.05, 0) is 38.7 Å². The van der Waals surface area contributed by atoms with E-state index in [1.165, 1.54) is 12.8 Å². The quantitative estimate of drug-likeness (QED) is 0.686. The summed E-state index contributed by atoms with van der Waals surface area (Å²) in [6.45, 7) is 1.83. The van der Waals surface area contributed by atoms with Crippen LogP contribution in [0.15, 0.2) is 23.0 Å². The van der Waals surface area contributed by atoms with Gasteiger partial charge < -0.3 is 20.1 Å². The Morgan fingerprint density at radius 1 is 1.25 bits per heavy atom. The maximum atomic E-state index is 5.40. The zero-order valence-corrected chi connectivity index (χ0v) is 13.5. The molecule has 0 unspecified atom stereocenters. The summed E-state index contributed by atoms with van der Waals surface area (Å²) in [5.74, 6) is 1.15. The average Bonchev–Trinajstić information content (AvgIpc) is 3.28. The Morgan fingerprint density at radius 3 is 2.83 bits per heavy atom. The lowest BCUT2D eigenvalue weighted by Gasteiger charge is -2.31. The summed E-state index contributed by atoms with van der Waals surface area (Å²) in [6, 6.07) is 3.78. The van der Waals surface area contributed by atoms with Gasteiger partial charge in [0.1, 0.15) is 5.65 Å². The third kappa shape index (κ3) is 2.27. The molecule has 0 amide bonds. The summed E-state index contributed by atoms with van der Waals surface area (Å²) in [5.41, 5.74) is 2.78. The summed E-state index contributed by atoms with van der Waals surface area (Å²) in [7, 11) is 0. The first-order chi connectivity index (χ1) is 11.8. The Hall–Kier alpha value is -2.41. The maximum Gasteiger partial charge on any atom is 0.261 e. The monoisotopic (exact) mass is 324 g/mol. The third-order valence-corrected chi connectivity index (χ3v) is 5.17. The van der Waals surface area contributed by atoms with Crippen molar-refractivity contribution >= 4 is 16.7 Å². The molecule has 2 saturated heterocycles. The van der Waals surface area contributed by atoms with Gasteiger partial charge in [0.25, 0.3) is 5.89 Å². The lowest BCUT2D eigenvalue weighted by molar-refractivity contribution is 0.378. The predicted molar refractivity (Wildman–Crippen MR) is 90.7 cm³/mol. The number of nitrogens with zero attached hydrogens (tertiary/aromatic N) is 3. The van der Waals surface area contributed by atoms with Crippen molar-refractivity contribution in [1.82, 2.24) is 25.4 Å². The van der Waals surface area contributed by atoms with Crippen LogP contribution >= 0.6 is 0 Å². The molecule has 0 saturated carbocycles. The highest BCUT2D eigenvalue weighted by Crippen LogP contribution is 2.36. The minimum atomic E-state index is 0.451. The van der Waals surface area contributed by atoms with E-state index in [9.17, 15) is 0 Å². The van der Waals surface area contributed by atoms with Gasteiger partial charge in [-0.25, -0.2) is 4.98 Å². The van der Waals surface area contributed by atoms with Crippen LogP contribution < -0.4 is 10.6 Å². The molecule has 2 bridgehead atoms. The van der Waals surface area contributed by atoms with Crippen molar-refractivity contribution in [2.24, 2.45) is 0 Å². The smallest absolute Gasteiger partial charge is 0.261 e. The van der Waals surface area contributed by atoms with Gasteiger partial charge in [0.2, 0.25) is 0 Å². The Labute approximate surface area is 139 Å². The van der Waals surface area contributed by atoms with Crippen molar-refractivity contribution in [2.45, 2.75) is 50.7 Å². The van der Waals surface area contributed by atoms with E-state index in [1.807, 2.05) is 25.4 Å². The number of rotatable bonds is 3. The minimum absolute atomic E-state index is 0.451. The van der Waals surface area contributed by atoms with Crippen molar-refractivity contribution in [3.63, 3.8) is 0 Å². The standard InChI is InChI=1S/C17H20N6O/c1-9-20-17(24-23-9)14-8-19-16-13(4-5-18-16)15(14)22-12-6-10-2-3-11(7-12)21-10/h4-5,8,10-12,21H,2-3,6-7H2,1H3,(H2,18,19,22)/t10-,11+,12+. The highest BCUT2D eigenvalue weighted by atomic mass is 16.5. The highest BCUT2D eigenvalue weighted by molar-refractivity contribution is 5.97. The summed E-state index contributed by atoms with van der Waals surface area (Å²) in [5, 5.41) is 12.4. The van der Waals surface area contributed by atoms with Crippen LogP contribution in [0.2, 0.25) is 0 Å². The number of anilines is 1. The van der Waals surface area contributed by atoms with E-state index in [0.717, 1.165) is 35.1 Å². The van der Waals surface area contributed by atoms with E-state index in [0.29, 0.717) is 29.8 Å². The summed E-state index contributed by atoms with van der Waals surface area (Å²) >= 11 is 0. The highest BCUT2D eigenvalue weighted by Gasteiger charge is 2.34. The van der Waals surface area contributed by atoms with Crippen LogP contribution in [0.1, 0.15) is 31.5 Å². The number of H-pyrrole nitrogens is 1. The molecule has 0 radical (unpaired) electrons. The minimum Gasteiger partial charge on any atom is -0.381 e. The molecule has 24 heavy (non-hydrogen) atoms. The van der Waals surface area contributed by atoms with Gasteiger partial charge in [0.05, 0.1) is 11.3 Å². The fourth-order valence-electron chi connectivity index (χ4n) is 4.11. The van der Waals surface area contributed by atoms with Crippen molar-refractivity contribution in [2.75, 3.05) is 5.32 Å². The number of pyridine rings is 1. The molecule has 3 aromatic rings.